The lowest BCUT2D eigenvalue weighted by Gasteiger charge is -2.07. The average Bonchev–Trinajstić information content (AvgIpc) is 2.79. The second kappa shape index (κ2) is 12.6. The van der Waals surface area contributed by atoms with Crippen LogP contribution in [0.1, 0.15) is 13.8 Å². The van der Waals surface area contributed by atoms with Crippen LogP contribution in [0.5, 0.6) is 11.5 Å². The second-order valence-electron chi connectivity index (χ2n) is 6.79. The first kappa shape index (κ1) is 24.2. The normalized spacial score (nSPS) is 10.7. The summed E-state index contributed by atoms with van der Waals surface area (Å²) >= 11 is 0. The highest BCUT2D eigenvalue weighted by Crippen LogP contribution is 2.24. The van der Waals surface area contributed by atoms with Gasteiger partial charge in [0.15, 0.2) is 0 Å². The third-order valence-electron chi connectivity index (χ3n) is 3.97. The molecule has 0 heterocycles. The molecule has 32 heavy (non-hydrogen) atoms. The molecule has 166 valence electrons. The molecule has 0 aliphatic heterocycles. The molecule has 0 saturated heterocycles. The highest BCUT2D eigenvalue weighted by atomic mass is 16.5. The molecule has 2 aromatic rings. The summed E-state index contributed by atoms with van der Waals surface area (Å²) in [6, 6.07) is 15.3. The van der Waals surface area contributed by atoms with E-state index in [0.717, 1.165) is 11.1 Å². The van der Waals surface area contributed by atoms with Crippen LogP contribution in [0.15, 0.2) is 97.5 Å². The summed E-state index contributed by atoms with van der Waals surface area (Å²) in [7, 11) is 0. The van der Waals surface area contributed by atoms with Crippen molar-refractivity contribution in [3.05, 3.63) is 97.5 Å². The summed E-state index contributed by atoms with van der Waals surface area (Å²) in [5.41, 5.74) is 2.73. The summed E-state index contributed by atoms with van der Waals surface area (Å²) in [6.45, 7) is 10.7. The fraction of sp³-hybridized carbons (Fsp3) is 0.154. The summed E-state index contributed by atoms with van der Waals surface area (Å²) in [6.07, 6.45) is 5.79. The number of rotatable bonds is 11. The van der Waals surface area contributed by atoms with Gasteiger partial charge in [0.25, 0.3) is 0 Å². The van der Waals surface area contributed by atoms with E-state index in [4.69, 9.17) is 18.9 Å². The van der Waals surface area contributed by atoms with E-state index in [-0.39, 0.29) is 13.2 Å². The summed E-state index contributed by atoms with van der Waals surface area (Å²) < 4.78 is 20.9. The van der Waals surface area contributed by atoms with Crippen molar-refractivity contribution < 1.29 is 28.5 Å². The zero-order valence-corrected chi connectivity index (χ0v) is 18.2. The van der Waals surface area contributed by atoms with E-state index >= 15 is 0 Å². The maximum Gasteiger partial charge on any atom is 0.337 e. The maximum atomic E-state index is 11.2. The number of hydrogen-bond acceptors (Lipinski definition) is 6. The minimum Gasteiger partial charge on any atom is -0.489 e. The highest BCUT2D eigenvalue weighted by molar-refractivity contribution is 5.87. The fourth-order valence-corrected chi connectivity index (χ4v) is 2.28. The SMILES string of the molecule is C=C(C)C(=O)O/C=C/COc1ccc(-c2ccc(OC/C=C/OC(=O)C(=C)C)cc2)cc1. The van der Waals surface area contributed by atoms with Gasteiger partial charge in [0.2, 0.25) is 0 Å². The Bertz CT molecular complexity index is 914. The van der Waals surface area contributed by atoms with Crippen molar-refractivity contribution in [1.82, 2.24) is 0 Å². The first-order chi connectivity index (χ1) is 15.4. The van der Waals surface area contributed by atoms with Crippen molar-refractivity contribution in [1.29, 1.82) is 0 Å². The van der Waals surface area contributed by atoms with Crippen LogP contribution in [0.3, 0.4) is 0 Å². The smallest absolute Gasteiger partial charge is 0.337 e. The van der Waals surface area contributed by atoms with Crippen molar-refractivity contribution >= 4 is 11.9 Å². The van der Waals surface area contributed by atoms with Gasteiger partial charge in [-0.2, -0.15) is 0 Å². The Kier molecular flexibility index (Phi) is 9.53. The Morgan fingerprint density at radius 3 is 1.34 bits per heavy atom. The number of ether oxygens (including phenoxy) is 4. The second-order valence-corrected chi connectivity index (χ2v) is 6.79. The van der Waals surface area contributed by atoms with Crippen molar-refractivity contribution in [3.8, 4) is 22.6 Å². The van der Waals surface area contributed by atoms with Gasteiger partial charge in [0, 0.05) is 11.1 Å². The zero-order chi connectivity index (χ0) is 23.3. The maximum absolute atomic E-state index is 11.2. The largest absolute Gasteiger partial charge is 0.489 e. The standard InChI is InChI=1S/C26H26O6/c1-19(2)25(27)31-17-5-15-29-23-11-7-21(8-12-23)22-9-13-24(14-10-22)30-16-6-18-32-26(28)20(3)4/h5-14,17-18H,1,3,15-16H2,2,4H3/b17-5+,18-6+. The van der Waals surface area contributed by atoms with Gasteiger partial charge in [-0.3, -0.25) is 0 Å². The summed E-state index contributed by atoms with van der Waals surface area (Å²) in [5.74, 6) is 0.456. The van der Waals surface area contributed by atoms with Crippen LogP contribution in [-0.2, 0) is 19.1 Å². The van der Waals surface area contributed by atoms with Crippen LogP contribution >= 0.6 is 0 Å². The Morgan fingerprint density at radius 1 is 0.688 bits per heavy atom. The molecule has 6 heteroatoms. The summed E-state index contributed by atoms with van der Waals surface area (Å²) in [5, 5.41) is 0. The number of carbonyl (C=O) groups is 2. The lowest BCUT2D eigenvalue weighted by molar-refractivity contribution is -0.134. The molecular weight excluding hydrogens is 408 g/mol. The lowest BCUT2D eigenvalue weighted by Crippen LogP contribution is -2.00. The van der Waals surface area contributed by atoms with Crippen LogP contribution < -0.4 is 9.47 Å². The number of hydrogen-bond donors (Lipinski definition) is 0. The Labute approximate surface area is 188 Å². The Balaban J connectivity index is 1.79. The van der Waals surface area contributed by atoms with E-state index in [1.807, 2.05) is 48.5 Å². The highest BCUT2D eigenvalue weighted by Gasteiger charge is 2.02. The molecule has 0 saturated carbocycles. The van der Waals surface area contributed by atoms with Crippen LogP contribution in [-0.4, -0.2) is 25.2 Å². The first-order valence-electron chi connectivity index (χ1n) is 9.86. The van der Waals surface area contributed by atoms with Crippen LogP contribution in [0.2, 0.25) is 0 Å². The van der Waals surface area contributed by atoms with Gasteiger partial charge in [0.1, 0.15) is 24.7 Å². The predicted molar refractivity (Wildman–Crippen MR) is 123 cm³/mol. The number of benzene rings is 2. The first-order valence-corrected chi connectivity index (χ1v) is 9.86. The number of esters is 2. The molecular formula is C26H26O6. The molecule has 2 rings (SSSR count). The molecule has 0 aliphatic rings. The van der Waals surface area contributed by atoms with E-state index in [1.54, 1.807) is 26.0 Å². The topological polar surface area (TPSA) is 71.1 Å². The number of carbonyl (C=O) groups excluding carboxylic acids is 2. The van der Waals surface area contributed by atoms with E-state index in [2.05, 4.69) is 13.2 Å². The van der Waals surface area contributed by atoms with Crippen LogP contribution in [0, 0.1) is 0 Å². The molecule has 2 aromatic carbocycles. The van der Waals surface area contributed by atoms with Gasteiger partial charge in [-0.05, 0) is 61.4 Å². The molecule has 0 aromatic heterocycles. The lowest BCUT2D eigenvalue weighted by atomic mass is 10.1. The molecule has 0 aliphatic carbocycles. The minimum atomic E-state index is -0.470. The molecule has 0 fully saturated rings. The molecule has 0 N–H and O–H groups in total. The third kappa shape index (κ3) is 8.36. The van der Waals surface area contributed by atoms with Crippen molar-refractivity contribution in [2.75, 3.05) is 13.2 Å². The van der Waals surface area contributed by atoms with Gasteiger partial charge >= 0.3 is 11.9 Å². The molecule has 6 nitrogen and oxygen atoms in total. The Morgan fingerprint density at radius 2 is 1.03 bits per heavy atom. The van der Waals surface area contributed by atoms with Gasteiger partial charge in [-0.25, -0.2) is 9.59 Å². The van der Waals surface area contributed by atoms with Gasteiger partial charge < -0.3 is 18.9 Å². The zero-order valence-electron chi connectivity index (χ0n) is 18.2. The molecule has 0 radical (unpaired) electrons. The fourth-order valence-electron chi connectivity index (χ4n) is 2.28. The molecule has 0 amide bonds. The minimum absolute atomic E-state index is 0.274. The molecule has 0 atom stereocenters. The van der Waals surface area contributed by atoms with Crippen LogP contribution in [0.25, 0.3) is 11.1 Å². The monoisotopic (exact) mass is 434 g/mol. The quantitative estimate of drug-likeness (QED) is 0.269. The van der Waals surface area contributed by atoms with Crippen molar-refractivity contribution in [2.24, 2.45) is 0 Å². The van der Waals surface area contributed by atoms with Gasteiger partial charge in [0.05, 0.1) is 12.5 Å². The Hall–Kier alpha value is -4.06. The van der Waals surface area contributed by atoms with Gasteiger partial charge in [-0.1, -0.05) is 37.4 Å². The molecule has 0 unspecified atom stereocenters. The van der Waals surface area contributed by atoms with Gasteiger partial charge in [-0.15, -0.1) is 0 Å². The third-order valence-corrected chi connectivity index (χ3v) is 3.97. The van der Waals surface area contributed by atoms with E-state index in [1.165, 1.54) is 12.5 Å². The van der Waals surface area contributed by atoms with E-state index < -0.39 is 11.9 Å². The van der Waals surface area contributed by atoms with E-state index in [9.17, 15) is 9.59 Å². The van der Waals surface area contributed by atoms with Crippen molar-refractivity contribution in [2.45, 2.75) is 13.8 Å². The van der Waals surface area contributed by atoms with E-state index in [0.29, 0.717) is 22.6 Å². The predicted octanol–water partition coefficient (Wildman–Crippen LogP) is 5.38. The van der Waals surface area contributed by atoms with Crippen molar-refractivity contribution in [3.63, 3.8) is 0 Å². The summed E-state index contributed by atoms with van der Waals surface area (Å²) in [4.78, 5) is 22.5. The van der Waals surface area contributed by atoms with Crippen LogP contribution in [0.4, 0.5) is 0 Å². The molecule has 0 bridgehead atoms. The average molecular weight is 434 g/mol. The molecule has 0 spiro atoms.